The van der Waals surface area contributed by atoms with E-state index in [9.17, 15) is 0 Å². The van der Waals surface area contributed by atoms with Crippen LogP contribution in [-0.4, -0.2) is 16.3 Å². The van der Waals surface area contributed by atoms with E-state index >= 15 is 0 Å². The van der Waals surface area contributed by atoms with Gasteiger partial charge in [0.25, 0.3) is 0 Å². The molecule has 0 radical (unpaired) electrons. The minimum absolute atomic E-state index is 0. The van der Waals surface area contributed by atoms with Crippen LogP contribution in [-0.2, 0) is 12.6 Å². The second-order valence-corrected chi connectivity index (χ2v) is 4.99. The van der Waals surface area contributed by atoms with Gasteiger partial charge in [-0.1, -0.05) is 20.8 Å². The zero-order valence-electron chi connectivity index (χ0n) is 6.73. The Balaban J connectivity index is 0. The molecule has 0 fully saturated rings. The minimum atomic E-state index is 0. The molecule has 0 saturated carbocycles. The molecule has 0 aromatic rings. The van der Waals surface area contributed by atoms with Gasteiger partial charge in [-0.05, 0) is 5.75 Å². The van der Waals surface area contributed by atoms with Crippen molar-refractivity contribution in [3.8, 4) is 0 Å². The van der Waals surface area contributed by atoms with E-state index in [0.29, 0.717) is 4.75 Å². The third kappa shape index (κ3) is 12.5. The summed E-state index contributed by atoms with van der Waals surface area (Å²) in [7, 11) is 0. The summed E-state index contributed by atoms with van der Waals surface area (Å²) in [6, 6.07) is 0. The summed E-state index contributed by atoms with van der Waals surface area (Å²) in [5.41, 5.74) is 0. The summed E-state index contributed by atoms with van der Waals surface area (Å²) in [6.45, 7) is 6.63. The SMILES string of the molecule is CC(C)(C)SCC[S-].[Li+]. The summed E-state index contributed by atoms with van der Waals surface area (Å²) >= 11 is 6.73. The average Bonchev–Trinajstić information content (AvgIpc) is 1.59. The van der Waals surface area contributed by atoms with Crippen LogP contribution in [0.15, 0.2) is 0 Å². The van der Waals surface area contributed by atoms with Gasteiger partial charge in [-0.25, -0.2) is 0 Å². The predicted octanol–water partition coefficient (Wildman–Crippen LogP) is -0.931. The zero-order valence-corrected chi connectivity index (χ0v) is 8.36. The van der Waals surface area contributed by atoms with Crippen LogP contribution in [0.5, 0.6) is 0 Å². The summed E-state index contributed by atoms with van der Waals surface area (Å²) in [4.78, 5) is 0. The molecule has 0 saturated heterocycles. The summed E-state index contributed by atoms with van der Waals surface area (Å²) < 4.78 is 0.402. The fourth-order valence-corrected chi connectivity index (χ4v) is 1.29. The largest absolute Gasteiger partial charge is 1.00 e. The Bertz CT molecular complexity index is 58.6. The Kier molecular flexibility index (Phi) is 8.67. The van der Waals surface area contributed by atoms with E-state index in [1.54, 1.807) is 0 Å². The van der Waals surface area contributed by atoms with Crippen LogP contribution in [0.3, 0.4) is 0 Å². The van der Waals surface area contributed by atoms with Crippen molar-refractivity contribution < 1.29 is 18.9 Å². The Morgan fingerprint density at radius 1 is 1.33 bits per heavy atom. The Labute approximate surface area is 80.1 Å². The first-order valence-corrected chi connectivity index (χ1v) is 4.34. The molecule has 50 valence electrons. The van der Waals surface area contributed by atoms with Crippen LogP contribution in [0.4, 0.5) is 0 Å². The van der Waals surface area contributed by atoms with E-state index in [0.717, 1.165) is 11.5 Å². The van der Waals surface area contributed by atoms with Crippen LogP contribution in [0, 0.1) is 0 Å². The topological polar surface area (TPSA) is 0 Å². The quantitative estimate of drug-likeness (QED) is 0.374. The van der Waals surface area contributed by atoms with Gasteiger partial charge in [0, 0.05) is 4.75 Å². The average molecular weight is 156 g/mol. The Morgan fingerprint density at radius 3 is 1.89 bits per heavy atom. The number of rotatable bonds is 2. The van der Waals surface area contributed by atoms with E-state index in [-0.39, 0.29) is 18.9 Å². The molecular formula is C6H13LiS2. The first kappa shape index (κ1) is 12.9. The molecule has 0 atom stereocenters. The van der Waals surface area contributed by atoms with Gasteiger partial charge >= 0.3 is 18.9 Å². The predicted molar refractivity (Wildman–Crippen MR) is 44.4 cm³/mol. The fraction of sp³-hybridized carbons (Fsp3) is 1.00. The summed E-state index contributed by atoms with van der Waals surface area (Å²) in [5.74, 6) is 1.99. The molecule has 0 heterocycles. The fourth-order valence-electron chi connectivity index (χ4n) is 0.348. The monoisotopic (exact) mass is 156 g/mol. The van der Waals surface area contributed by atoms with Crippen LogP contribution in [0.25, 0.3) is 0 Å². The second kappa shape index (κ2) is 6.04. The molecule has 0 amide bonds. The minimum Gasteiger partial charge on any atom is -0.792 e. The van der Waals surface area contributed by atoms with E-state index in [1.807, 2.05) is 11.8 Å². The zero-order chi connectivity index (χ0) is 6.62. The van der Waals surface area contributed by atoms with Crippen LogP contribution < -0.4 is 18.9 Å². The molecule has 0 N–H and O–H groups in total. The number of hydrogen-bond donors (Lipinski definition) is 0. The van der Waals surface area contributed by atoms with Gasteiger partial charge in [0.1, 0.15) is 0 Å². The van der Waals surface area contributed by atoms with E-state index in [4.69, 9.17) is 12.6 Å². The number of thioether (sulfide) groups is 1. The first-order valence-electron chi connectivity index (χ1n) is 2.78. The van der Waals surface area contributed by atoms with E-state index < -0.39 is 0 Å². The molecule has 3 heteroatoms. The van der Waals surface area contributed by atoms with Crippen molar-refractivity contribution in [2.75, 3.05) is 11.5 Å². The van der Waals surface area contributed by atoms with Crippen molar-refractivity contribution in [2.24, 2.45) is 0 Å². The molecular weight excluding hydrogens is 143 g/mol. The first-order chi connectivity index (χ1) is 3.56. The Hall–Kier alpha value is 1.30. The summed E-state index contributed by atoms with van der Waals surface area (Å²) in [6.07, 6.45) is 0. The van der Waals surface area contributed by atoms with E-state index in [2.05, 4.69) is 20.8 Å². The summed E-state index contributed by atoms with van der Waals surface area (Å²) in [5, 5.41) is 0. The van der Waals surface area contributed by atoms with E-state index in [1.165, 1.54) is 0 Å². The van der Waals surface area contributed by atoms with Gasteiger partial charge < -0.3 is 12.6 Å². The van der Waals surface area contributed by atoms with Gasteiger partial charge in [0.2, 0.25) is 0 Å². The molecule has 0 aromatic heterocycles. The molecule has 0 bridgehead atoms. The molecule has 0 unspecified atom stereocenters. The van der Waals surface area contributed by atoms with Gasteiger partial charge in [-0.3, -0.25) is 0 Å². The molecule has 0 rings (SSSR count). The molecule has 0 aromatic carbocycles. The smallest absolute Gasteiger partial charge is 0.792 e. The molecule has 0 nitrogen and oxygen atoms in total. The normalized spacial score (nSPS) is 10.7. The van der Waals surface area contributed by atoms with Crippen molar-refractivity contribution in [2.45, 2.75) is 25.5 Å². The molecule has 0 aliphatic heterocycles. The maximum atomic E-state index is 4.80. The third-order valence-corrected chi connectivity index (χ3v) is 2.36. The standard InChI is InChI=1S/C6H14S2.Li/c1-6(2,3)8-5-4-7;/h7H,4-5H2,1-3H3;/q;+1/p-1. The van der Waals surface area contributed by atoms with Crippen molar-refractivity contribution in [3.05, 3.63) is 0 Å². The van der Waals surface area contributed by atoms with Gasteiger partial charge in [-0.15, -0.1) is 0 Å². The maximum absolute atomic E-state index is 4.80. The van der Waals surface area contributed by atoms with Gasteiger partial charge in [-0.2, -0.15) is 17.5 Å². The van der Waals surface area contributed by atoms with Crippen LogP contribution in [0.2, 0.25) is 0 Å². The Morgan fingerprint density at radius 2 is 1.78 bits per heavy atom. The van der Waals surface area contributed by atoms with Crippen LogP contribution in [0.1, 0.15) is 20.8 Å². The van der Waals surface area contributed by atoms with Crippen molar-refractivity contribution in [1.82, 2.24) is 0 Å². The van der Waals surface area contributed by atoms with Crippen LogP contribution >= 0.6 is 11.8 Å². The van der Waals surface area contributed by atoms with Gasteiger partial charge in [0.05, 0.1) is 0 Å². The third-order valence-electron chi connectivity index (χ3n) is 0.618. The molecule has 0 aliphatic rings. The van der Waals surface area contributed by atoms with Crippen molar-refractivity contribution in [1.29, 1.82) is 0 Å². The number of hydrogen-bond acceptors (Lipinski definition) is 2. The van der Waals surface area contributed by atoms with Crippen molar-refractivity contribution in [3.63, 3.8) is 0 Å². The second-order valence-electron chi connectivity index (χ2n) is 2.66. The molecule has 9 heavy (non-hydrogen) atoms. The molecule has 0 spiro atoms. The van der Waals surface area contributed by atoms with Gasteiger partial charge in [0.15, 0.2) is 0 Å². The van der Waals surface area contributed by atoms with Crippen molar-refractivity contribution >= 4 is 24.4 Å². The maximum Gasteiger partial charge on any atom is 1.00 e. The molecule has 0 aliphatic carbocycles.